The molecule has 1 N–H and O–H groups in total. The number of hydrogen-bond acceptors (Lipinski definition) is 3. The molecule has 1 fully saturated rings. The van der Waals surface area contributed by atoms with Crippen LogP contribution in [0, 0.1) is 0 Å². The molecule has 0 aliphatic carbocycles. The van der Waals surface area contributed by atoms with E-state index in [9.17, 15) is 4.79 Å². The van der Waals surface area contributed by atoms with Crippen LogP contribution in [0.5, 0.6) is 0 Å². The fourth-order valence-electron chi connectivity index (χ4n) is 2.32. The van der Waals surface area contributed by atoms with Gasteiger partial charge in [0.1, 0.15) is 5.69 Å². The minimum absolute atomic E-state index is 0.124. The van der Waals surface area contributed by atoms with Gasteiger partial charge in [-0.25, -0.2) is 9.78 Å². The largest absolute Gasteiger partial charge is 0.477 e. The Kier molecular flexibility index (Phi) is 3.08. The smallest absolute Gasteiger partial charge is 0.354 e. The minimum Gasteiger partial charge on any atom is -0.477 e. The number of pyridine rings is 1. The zero-order valence-electron chi connectivity index (χ0n) is 9.39. The summed E-state index contributed by atoms with van der Waals surface area (Å²) in [4.78, 5) is 17.0. The fourth-order valence-corrected chi connectivity index (χ4v) is 2.32. The van der Waals surface area contributed by atoms with Crippen molar-refractivity contribution in [2.45, 2.75) is 32.2 Å². The lowest BCUT2D eigenvalue weighted by Crippen LogP contribution is -2.28. The molecule has 4 nitrogen and oxygen atoms in total. The van der Waals surface area contributed by atoms with E-state index in [0.717, 1.165) is 18.7 Å². The van der Waals surface area contributed by atoms with Gasteiger partial charge in [-0.3, -0.25) is 0 Å². The van der Waals surface area contributed by atoms with Gasteiger partial charge in [0.25, 0.3) is 0 Å². The second-order valence-corrected chi connectivity index (χ2v) is 4.10. The first-order valence-corrected chi connectivity index (χ1v) is 5.68. The lowest BCUT2D eigenvalue weighted by Gasteiger charge is -2.25. The van der Waals surface area contributed by atoms with Crippen molar-refractivity contribution in [3.8, 4) is 0 Å². The summed E-state index contributed by atoms with van der Waals surface area (Å²) in [5, 5.41) is 8.89. The molecule has 2 heterocycles. The van der Waals surface area contributed by atoms with Crippen LogP contribution in [-0.2, 0) is 0 Å². The number of rotatable bonds is 3. The molecule has 1 atom stereocenters. The van der Waals surface area contributed by atoms with E-state index in [1.165, 1.54) is 12.8 Å². The van der Waals surface area contributed by atoms with E-state index in [0.29, 0.717) is 6.04 Å². The van der Waals surface area contributed by atoms with Gasteiger partial charge in [0.2, 0.25) is 0 Å². The molecule has 0 radical (unpaired) electrons. The Labute approximate surface area is 94.9 Å². The van der Waals surface area contributed by atoms with Crippen molar-refractivity contribution in [3.63, 3.8) is 0 Å². The number of carboxylic acid groups (broad SMARTS) is 1. The molecule has 0 bridgehead atoms. The van der Waals surface area contributed by atoms with Gasteiger partial charge < -0.3 is 10.0 Å². The van der Waals surface area contributed by atoms with Crippen LogP contribution in [0.25, 0.3) is 0 Å². The van der Waals surface area contributed by atoms with Crippen molar-refractivity contribution in [1.82, 2.24) is 4.98 Å². The summed E-state index contributed by atoms with van der Waals surface area (Å²) >= 11 is 0. The van der Waals surface area contributed by atoms with Crippen molar-refractivity contribution in [3.05, 3.63) is 24.0 Å². The zero-order valence-corrected chi connectivity index (χ0v) is 9.39. The van der Waals surface area contributed by atoms with Gasteiger partial charge >= 0.3 is 5.97 Å². The van der Waals surface area contributed by atoms with Gasteiger partial charge in [0.15, 0.2) is 0 Å². The molecule has 1 aliphatic rings. The Morgan fingerprint density at radius 1 is 1.69 bits per heavy atom. The predicted octanol–water partition coefficient (Wildman–Crippen LogP) is 2.16. The van der Waals surface area contributed by atoms with E-state index in [-0.39, 0.29) is 5.69 Å². The molecular weight excluding hydrogens is 204 g/mol. The summed E-state index contributed by atoms with van der Waals surface area (Å²) in [6.45, 7) is 3.18. The van der Waals surface area contributed by atoms with Crippen molar-refractivity contribution >= 4 is 11.7 Å². The van der Waals surface area contributed by atoms with E-state index < -0.39 is 5.97 Å². The SMILES string of the molecule is CCC1CCCN1c1ccnc(C(=O)O)c1. The lowest BCUT2D eigenvalue weighted by atomic mass is 10.1. The maximum atomic E-state index is 10.8. The second kappa shape index (κ2) is 4.51. The average molecular weight is 220 g/mol. The molecule has 1 aromatic rings. The van der Waals surface area contributed by atoms with Crippen LogP contribution in [-0.4, -0.2) is 28.6 Å². The van der Waals surface area contributed by atoms with E-state index >= 15 is 0 Å². The Morgan fingerprint density at radius 2 is 2.50 bits per heavy atom. The number of aromatic nitrogens is 1. The van der Waals surface area contributed by atoms with Crippen molar-refractivity contribution < 1.29 is 9.90 Å². The van der Waals surface area contributed by atoms with Crippen LogP contribution in [0.1, 0.15) is 36.7 Å². The maximum absolute atomic E-state index is 10.8. The van der Waals surface area contributed by atoms with Crippen LogP contribution in [0.15, 0.2) is 18.3 Å². The Bertz CT molecular complexity index is 392. The second-order valence-electron chi connectivity index (χ2n) is 4.10. The normalized spacial score (nSPS) is 20.1. The Morgan fingerprint density at radius 3 is 3.19 bits per heavy atom. The first kappa shape index (κ1) is 10.9. The number of nitrogens with zero attached hydrogens (tertiary/aromatic N) is 2. The molecule has 0 amide bonds. The number of anilines is 1. The molecule has 0 spiro atoms. The van der Waals surface area contributed by atoms with Gasteiger partial charge in [0.05, 0.1) is 0 Å². The van der Waals surface area contributed by atoms with E-state index in [1.54, 1.807) is 12.3 Å². The molecule has 2 rings (SSSR count). The highest BCUT2D eigenvalue weighted by atomic mass is 16.4. The van der Waals surface area contributed by atoms with Gasteiger partial charge in [0, 0.05) is 24.5 Å². The summed E-state index contributed by atoms with van der Waals surface area (Å²) in [6, 6.07) is 4.10. The first-order valence-electron chi connectivity index (χ1n) is 5.68. The molecule has 0 aromatic carbocycles. The van der Waals surface area contributed by atoms with Crippen LogP contribution in [0.3, 0.4) is 0 Å². The zero-order chi connectivity index (χ0) is 11.5. The molecule has 1 saturated heterocycles. The molecular formula is C12H16N2O2. The molecule has 1 aliphatic heterocycles. The lowest BCUT2D eigenvalue weighted by molar-refractivity contribution is 0.0690. The molecule has 1 aromatic heterocycles. The third-order valence-corrected chi connectivity index (χ3v) is 3.14. The topological polar surface area (TPSA) is 53.4 Å². The van der Waals surface area contributed by atoms with Crippen LogP contribution in [0.4, 0.5) is 5.69 Å². The first-order chi connectivity index (χ1) is 7.72. The summed E-state index contributed by atoms with van der Waals surface area (Å²) in [6.07, 6.45) is 5.05. The summed E-state index contributed by atoms with van der Waals surface area (Å²) < 4.78 is 0. The highest BCUT2D eigenvalue weighted by molar-refractivity contribution is 5.86. The molecule has 16 heavy (non-hydrogen) atoms. The van der Waals surface area contributed by atoms with Crippen LogP contribution in [0.2, 0.25) is 0 Å². The summed E-state index contributed by atoms with van der Waals surface area (Å²) in [5.74, 6) is -0.964. The molecule has 1 unspecified atom stereocenters. The molecule has 86 valence electrons. The highest BCUT2D eigenvalue weighted by Crippen LogP contribution is 2.27. The average Bonchev–Trinajstić information content (AvgIpc) is 2.77. The van der Waals surface area contributed by atoms with Gasteiger partial charge in [-0.05, 0) is 31.4 Å². The fraction of sp³-hybridized carbons (Fsp3) is 0.500. The third-order valence-electron chi connectivity index (χ3n) is 3.14. The monoisotopic (exact) mass is 220 g/mol. The van der Waals surface area contributed by atoms with Crippen molar-refractivity contribution in [2.75, 3.05) is 11.4 Å². The quantitative estimate of drug-likeness (QED) is 0.848. The van der Waals surface area contributed by atoms with Crippen LogP contribution >= 0.6 is 0 Å². The highest BCUT2D eigenvalue weighted by Gasteiger charge is 2.23. The van der Waals surface area contributed by atoms with Crippen LogP contribution < -0.4 is 4.90 Å². The van der Waals surface area contributed by atoms with Gasteiger partial charge in [-0.15, -0.1) is 0 Å². The van der Waals surface area contributed by atoms with E-state index in [4.69, 9.17) is 5.11 Å². The standard InChI is InChI=1S/C12H16N2O2/c1-2-9-4-3-7-14(9)10-5-6-13-11(8-10)12(15)16/h5-6,8-9H,2-4,7H2,1H3,(H,15,16). The number of carbonyl (C=O) groups is 1. The van der Waals surface area contributed by atoms with E-state index in [1.807, 2.05) is 6.07 Å². The molecule has 4 heteroatoms. The molecule has 0 saturated carbocycles. The van der Waals surface area contributed by atoms with Gasteiger partial charge in [-0.2, -0.15) is 0 Å². The van der Waals surface area contributed by atoms with Crippen molar-refractivity contribution in [1.29, 1.82) is 0 Å². The Hall–Kier alpha value is -1.58. The number of aromatic carboxylic acids is 1. The van der Waals surface area contributed by atoms with Crippen molar-refractivity contribution in [2.24, 2.45) is 0 Å². The number of hydrogen-bond donors (Lipinski definition) is 1. The minimum atomic E-state index is -0.964. The van der Waals surface area contributed by atoms with E-state index in [2.05, 4.69) is 16.8 Å². The predicted molar refractivity (Wildman–Crippen MR) is 61.9 cm³/mol. The third kappa shape index (κ3) is 2.01. The number of carboxylic acids is 1. The Balaban J connectivity index is 2.26. The summed E-state index contributed by atoms with van der Waals surface area (Å²) in [7, 11) is 0. The summed E-state index contributed by atoms with van der Waals surface area (Å²) in [5.41, 5.74) is 1.11. The van der Waals surface area contributed by atoms with Gasteiger partial charge in [-0.1, -0.05) is 6.92 Å². The maximum Gasteiger partial charge on any atom is 0.354 e.